The summed E-state index contributed by atoms with van der Waals surface area (Å²) in [5.41, 5.74) is 1.84. The molecule has 28 heavy (non-hydrogen) atoms. The highest BCUT2D eigenvalue weighted by molar-refractivity contribution is 5.94. The molecule has 1 unspecified atom stereocenters. The molecule has 1 atom stereocenters. The van der Waals surface area contributed by atoms with Crippen molar-refractivity contribution in [1.29, 1.82) is 0 Å². The van der Waals surface area contributed by atoms with Crippen molar-refractivity contribution in [3.05, 3.63) is 35.4 Å². The molecule has 1 heterocycles. The van der Waals surface area contributed by atoms with Crippen LogP contribution in [0.5, 0.6) is 0 Å². The fourth-order valence-corrected chi connectivity index (χ4v) is 3.00. The van der Waals surface area contributed by atoms with Crippen molar-refractivity contribution in [3.8, 4) is 0 Å². The highest BCUT2D eigenvalue weighted by Gasteiger charge is 2.14. The molecule has 1 fully saturated rings. The molecule has 0 spiro atoms. The summed E-state index contributed by atoms with van der Waals surface area (Å²) < 4.78 is 11.2. The van der Waals surface area contributed by atoms with Crippen LogP contribution in [-0.4, -0.2) is 76.4 Å². The molecule has 2 rings (SSSR count). The lowest BCUT2D eigenvalue weighted by Gasteiger charge is -2.13. The Morgan fingerprint density at radius 1 is 1.36 bits per heavy atom. The van der Waals surface area contributed by atoms with Crippen LogP contribution in [0.3, 0.4) is 0 Å². The van der Waals surface area contributed by atoms with Crippen molar-refractivity contribution < 1.29 is 14.3 Å². The molecule has 0 radical (unpaired) electrons. The van der Waals surface area contributed by atoms with E-state index in [2.05, 4.69) is 15.6 Å². The minimum Gasteiger partial charge on any atom is -0.377 e. The number of nitrogens with one attached hydrogen (secondary N) is 2. The van der Waals surface area contributed by atoms with Gasteiger partial charge in [0.25, 0.3) is 5.91 Å². The van der Waals surface area contributed by atoms with Crippen molar-refractivity contribution in [3.63, 3.8) is 0 Å². The van der Waals surface area contributed by atoms with E-state index in [0.29, 0.717) is 25.3 Å². The average molecular weight is 391 g/mol. The zero-order valence-electron chi connectivity index (χ0n) is 17.4. The lowest BCUT2D eigenvalue weighted by molar-refractivity contribution is 0.0200. The Morgan fingerprint density at radius 3 is 2.93 bits per heavy atom. The van der Waals surface area contributed by atoms with E-state index in [4.69, 9.17) is 9.47 Å². The summed E-state index contributed by atoms with van der Waals surface area (Å²) in [6, 6.07) is 7.77. The van der Waals surface area contributed by atoms with Gasteiger partial charge in [0.2, 0.25) is 0 Å². The minimum atomic E-state index is 0.0210. The summed E-state index contributed by atoms with van der Waals surface area (Å²) in [6.07, 6.45) is 3.29. The number of hydrogen-bond acceptors (Lipinski definition) is 4. The first-order valence-corrected chi connectivity index (χ1v) is 10.1. The standard InChI is InChI=1S/C21H34N4O3/c1-4-22-21(24-12-14-27-16-19-9-6-13-28-19)23-11-10-17-7-5-8-18(15-17)20(26)25(2)3/h5,7-8,15,19H,4,6,9-14,16H2,1-3H3,(H2,22,23,24). The summed E-state index contributed by atoms with van der Waals surface area (Å²) in [5.74, 6) is 0.802. The minimum absolute atomic E-state index is 0.0210. The quantitative estimate of drug-likeness (QED) is 0.361. The number of benzene rings is 1. The van der Waals surface area contributed by atoms with Gasteiger partial charge in [-0.05, 0) is 43.9 Å². The molecule has 7 nitrogen and oxygen atoms in total. The van der Waals surface area contributed by atoms with Crippen molar-refractivity contribution in [2.24, 2.45) is 4.99 Å². The zero-order chi connectivity index (χ0) is 20.2. The van der Waals surface area contributed by atoms with Crippen LogP contribution in [-0.2, 0) is 15.9 Å². The van der Waals surface area contributed by atoms with Gasteiger partial charge in [0, 0.05) is 39.4 Å². The first-order chi connectivity index (χ1) is 13.6. The Bertz CT molecular complexity index is 628. The van der Waals surface area contributed by atoms with Gasteiger partial charge >= 0.3 is 0 Å². The average Bonchev–Trinajstić information content (AvgIpc) is 3.20. The number of nitrogens with zero attached hydrogens (tertiary/aromatic N) is 2. The van der Waals surface area contributed by atoms with Crippen molar-refractivity contribution in [2.75, 3.05) is 53.6 Å². The summed E-state index contributed by atoms with van der Waals surface area (Å²) in [5, 5.41) is 6.58. The van der Waals surface area contributed by atoms with Crippen LogP contribution in [0.1, 0.15) is 35.7 Å². The van der Waals surface area contributed by atoms with Crippen LogP contribution < -0.4 is 10.6 Å². The summed E-state index contributed by atoms with van der Waals surface area (Å²) >= 11 is 0. The second-order valence-corrected chi connectivity index (χ2v) is 7.05. The highest BCUT2D eigenvalue weighted by atomic mass is 16.5. The van der Waals surface area contributed by atoms with Crippen LogP contribution in [0.2, 0.25) is 0 Å². The van der Waals surface area contributed by atoms with E-state index < -0.39 is 0 Å². The number of ether oxygens (including phenoxy) is 2. The lowest BCUT2D eigenvalue weighted by Crippen LogP contribution is -2.38. The Balaban J connectivity index is 1.73. The molecule has 2 N–H and O–H groups in total. The second kappa shape index (κ2) is 12.4. The van der Waals surface area contributed by atoms with Crippen LogP contribution in [0.4, 0.5) is 0 Å². The van der Waals surface area contributed by atoms with Gasteiger partial charge in [-0.3, -0.25) is 9.79 Å². The number of rotatable bonds is 10. The first kappa shape index (κ1) is 22.2. The van der Waals surface area contributed by atoms with E-state index in [9.17, 15) is 4.79 Å². The van der Waals surface area contributed by atoms with E-state index in [1.54, 1.807) is 19.0 Å². The number of carbonyl (C=O) groups excluding carboxylic acids is 1. The van der Waals surface area contributed by atoms with E-state index in [0.717, 1.165) is 50.5 Å². The molecule has 1 aromatic carbocycles. The van der Waals surface area contributed by atoms with Crippen molar-refractivity contribution in [2.45, 2.75) is 32.3 Å². The van der Waals surface area contributed by atoms with Gasteiger partial charge in [-0.2, -0.15) is 0 Å². The molecule has 1 aliphatic rings. The third-order valence-electron chi connectivity index (χ3n) is 4.46. The zero-order valence-corrected chi connectivity index (χ0v) is 17.4. The van der Waals surface area contributed by atoms with Gasteiger partial charge in [-0.25, -0.2) is 0 Å². The molecule has 0 saturated carbocycles. The van der Waals surface area contributed by atoms with Gasteiger partial charge in [0.15, 0.2) is 5.96 Å². The third kappa shape index (κ3) is 7.86. The first-order valence-electron chi connectivity index (χ1n) is 10.1. The van der Waals surface area contributed by atoms with Gasteiger partial charge in [-0.1, -0.05) is 12.1 Å². The van der Waals surface area contributed by atoms with Gasteiger partial charge in [0.1, 0.15) is 0 Å². The fraction of sp³-hybridized carbons (Fsp3) is 0.619. The van der Waals surface area contributed by atoms with E-state index >= 15 is 0 Å². The van der Waals surface area contributed by atoms with Gasteiger partial charge in [-0.15, -0.1) is 0 Å². The van der Waals surface area contributed by atoms with Crippen LogP contribution in [0.25, 0.3) is 0 Å². The number of guanidine groups is 1. The third-order valence-corrected chi connectivity index (χ3v) is 4.46. The number of amides is 1. The lowest BCUT2D eigenvalue weighted by atomic mass is 10.1. The monoisotopic (exact) mass is 390 g/mol. The molecule has 1 saturated heterocycles. The predicted molar refractivity (Wildman–Crippen MR) is 112 cm³/mol. The Hall–Kier alpha value is -2.12. The largest absolute Gasteiger partial charge is 0.377 e. The van der Waals surface area contributed by atoms with Crippen LogP contribution in [0, 0.1) is 0 Å². The number of carbonyl (C=O) groups is 1. The normalized spacial score (nSPS) is 16.8. The Kier molecular flexibility index (Phi) is 9.79. The van der Waals surface area contributed by atoms with E-state index in [-0.39, 0.29) is 12.0 Å². The highest BCUT2D eigenvalue weighted by Crippen LogP contribution is 2.11. The van der Waals surface area contributed by atoms with E-state index in [1.165, 1.54) is 0 Å². The summed E-state index contributed by atoms with van der Waals surface area (Å²) in [4.78, 5) is 18.2. The molecular formula is C21H34N4O3. The summed E-state index contributed by atoms with van der Waals surface area (Å²) in [7, 11) is 3.53. The maximum atomic E-state index is 12.1. The second-order valence-electron chi connectivity index (χ2n) is 7.05. The van der Waals surface area contributed by atoms with Crippen molar-refractivity contribution in [1.82, 2.24) is 15.5 Å². The molecule has 1 aliphatic heterocycles. The molecule has 0 aromatic heterocycles. The van der Waals surface area contributed by atoms with Crippen LogP contribution >= 0.6 is 0 Å². The Labute approximate surface area is 168 Å². The topological polar surface area (TPSA) is 75.2 Å². The smallest absolute Gasteiger partial charge is 0.253 e. The SMILES string of the molecule is CCNC(=NCCOCC1CCCO1)NCCc1cccc(C(=O)N(C)C)c1. The maximum Gasteiger partial charge on any atom is 0.253 e. The van der Waals surface area contributed by atoms with Crippen LogP contribution in [0.15, 0.2) is 29.3 Å². The maximum absolute atomic E-state index is 12.1. The molecule has 156 valence electrons. The molecule has 0 bridgehead atoms. The Morgan fingerprint density at radius 2 is 2.21 bits per heavy atom. The molecule has 7 heteroatoms. The fourth-order valence-electron chi connectivity index (χ4n) is 3.00. The predicted octanol–water partition coefficient (Wildman–Crippen LogP) is 1.68. The number of hydrogen-bond donors (Lipinski definition) is 2. The molecule has 1 amide bonds. The van der Waals surface area contributed by atoms with E-state index in [1.807, 2.05) is 31.2 Å². The molecule has 1 aromatic rings. The number of aliphatic imine (C=N–C) groups is 1. The summed E-state index contributed by atoms with van der Waals surface area (Å²) in [6.45, 7) is 6.29. The van der Waals surface area contributed by atoms with Gasteiger partial charge in [0.05, 0.1) is 25.9 Å². The van der Waals surface area contributed by atoms with Gasteiger partial charge < -0.3 is 25.0 Å². The van der Waals surface area contributed by atoms with Crippen molar-refractivity contribution >= 4 is 11.9 Å². The molecule has 0 aliphatic carbocycles. The molecular weight excluding hydrogens is 356 g/mol.